The van der Waals surface area contributed by atoms with Crippen LogP contribution in [-0.2, 0) is 4.79 Å². The molecule has 2 rings (SSSR count). The number of hydrogen-bond donors (Lipinski definition) is 1. The topological polar surface area (TPSA) is 99.3 Å². The molecule has 1 aliphatic rings. The number of nitro benzene ring substituents is 1. The van der Waals surface area contributed by atoms with Crippen molar-refractivity contribution in [1.29, 1.82) is 5.26 Å². The summed E-state index contributed by atoms with van der Waals surface area (Å²) in [6.45, 7) is 2.99. The maximum atomic E-state index is 11.0. The fourth-order valence-corrected chi connectivity index (χ4v) is 2.54. The summed E-state index contributed by atoms with van der Waals surface area (Å²) in [7, 11) is 0. The Morgan fingerprint density at radius 3 is 2.67 bits per heavy atom. The number of nitro groups is 1. The summed E-state index contributed by atoms with van der Waals surface area (Å²) < 4.78 is 0. The number of benzene rings is 1. The minimum absolute atomic E-state index is 0.0319. The van der Waals surface area contributed by atoms with Gasteiger partial charge in [0.15, 0.2) is 0 Å². The molecule has 1 heterocycles. The van der Waals surface area contributed by atoms with E-state index in [0.29, 0.717) is 0 Å². The Morgan fingerprint density at radius 2 is 2.14 bits per heavy atom. The number of piperidine rings is 1. The molecule has 7 heteroatoms. The molecule has 0 spiro atoms. The zero-order valence-electron chi connectivity index (χ0n) is 11.7. The second-order valence-corrected chi connectivity index (χ2v) is 5.03. The molecule has 0 aromatic heterocycles. The third kappa shape index (κ3) is 3.48. The third-order valence-corrected chi connectivity index (χ3v) is 3.56. The van der Waals surface area contributed by atoms with Crippen LogP contribution in [-0.4, -0.2) is 30.0 Å². The summed E-state index contributed by atoms with van der Waals surface area (Å²) in [5, 5.41) is 22.7. The molecule has 1 aliphatic heterocycles. The van der Waals surface area contributed by atoms with Crippen LogP contribution >= 0.6 is 0 Å². The lowest BCUT2D eigenvalue weighted by Crippen LogP contribution is -2.44. The zero-order valence-corrected chi connectivity index (χ0v) is 11.7. The van der Waals surface area contributed by atoms with Crippen molar-refractivity contribution in [3.8, 4) is 6.07 Å². The Morgan fingerprint density at radius 1 is 1.48 bits per heavy atom. The van der Waals surface area contributed by atoms with Crippen molar-refractivity contribution in [2.75, 3.05) is 18.0 Å². The van der Waals surface area contributed by atoms with Gasteiger partial charge in [-0.1, -0.05) is 0 Å². The minimum atomic E-state index is -0.550. The van der Waals surface area contributed by atoms with E-state index < -0.39 is 4.92 Å². The van der Waals surface area contributed by atoms with Gasteiger partial charge in [-0.2, -0.15) is 5.26 Å². The van der Waals surface area contributed by atoms with E-state index in [2.05, 4.69) is 10.2 Å². The van der Waals surface area contributed by atoms with Gasteiger partial charge < -0.3 is 10.2 Å². The molecule has 110 valence electrons. The molecular weight excluding hydrogens is 272 g/mol. The summed E-state index contributed by atoms with van der Waals surface area (Å²) in [5.74, 6) is -0.0319. The van der Waals surface area contributed by atoms with E-state index in [1.165, 1.54) is 13.0 Å². The molecule has 0 unspecified atom stereocenters. The standard InChI is InChI=1S/C14H16N4O3/c1-10(19)16-12-4-6-17(7-5-12)13-2-3-14(18(20)21)11(8-13)9-15/h2-3,8,12H,4-7H2,1H3,(H,16,19). The van der Waals surface area contributed by atoms with E-state index in [9.17, 15) is 14.9 Å². The van der Waals surface area contributed by atoms with Crippen molar-refractivity contribution in [2.45, 2.75) is 25.8 Å². The highest BCUT2D eigenvalue weighted by molar-refractivity contribution is 5.73. The first-order valence-electron chi connectivity index (χ1n) is 6.72. The Labute approximate surface area is 122 Å². The normalized spacial score (nSPS) is 15.3. The lowest BCUT2D eigenvalue weighted by Gasteiger charge is -2.33. The number of amides is 1. The van der Waals surface area contributed by atoms with Crippen LogP contribution in [0.2, 0.25) is 0 Å². The van der Waals surface area contributed by atoms with Crippen molar-refractivity contribution >= 4 is 17.3 Å². The second kappa shape index (κ2) is 6.22. The molecule has 1 aromatic rings. The fraction of sp³-hybridized carbons (Fsp3) is 0.429. The zero-order chi connectivity index (χ0) is 15.4. The molecule has 21 heavy (non-hydrogen) atoms. The number of hydrogen-bond acceptors (Lipinski definition) is 5. The van der Waals surface area contributed by atoms with Gasteiger partial charge in [-0.05, 0) is 25.0 Å². The molecule has 0 saturated carbocycles. The first-order valence-corrected chi connectivity index (χ1v) is 6.72. The maximum Gasteiger partial charge on any atom is 0.287 e. The average molecular weight is 288 g/mol. The summed E-state index contributed by atoms with van der Waals surface area (Å²) in [5.41, 5.74) is 0.703. The van der Waals surface area contributed by atoms with Crippen molar-refractivity contribution in [1.82, 2.24) is 5.32 Å². The summed E-state index contributed by atoms with van der Waals surface area (Å²) >= 11 is 0. The van der Waals surface area contributed by atoms with Gasteiger partial charge in [0.2, 0.25) is 5.91 Å². The molecular formula is C14H16N4O3. The van der Waals surface area contributed by atoms with E-state index in [1.807, 2.05) is 6.07 Å². The molecule has 7 nitrogen and oxygen atoms in total. The Balaban J connectivity index is 2.09. The number of nitriles is 1. The van der Waals surface area contributed by atoms with Crippen LogP contribution in [0, 0.1) is 21.4 Å². The monoisotopic (exact) mass is 288 g/mol. The lowest BCUT2D eigenvalue weighted by atomic mass is 10.0. The molecule has 1 aromatic carbocycles. The quantitative estimate of drug-likeness (QED) is 0.672. The van der Waals surface area contributed by atoms with Crippen LogP contribution in [0.5, 0.6) is 0 Å². The number of carbonyl (C=O) groups is 1. The van der Waals surface area contributed by atoms with Gasteiger partial charge >= 0.3 is 0 Å². The molecule has 0 radical (unpaired) electrons. The average Bonchev–Trinajstić information content (AvgIpc) is 2.46. The van der Waals surface area contributed by atoms with Gasteiger partial charge in [0.1, 0.15) is 11.6 Å². The van der Waals surface area contributed by atoms with Gasteiger partial charge in [0.05, 0.1) is 4.92 Å². The SMILES string of the molecule is CC(=O)NC1CCN(c2ccc([N+](=O)[O-])c(C#N)c2)CC1. The van der Waals surface area contributed by atoms with Crippen LogP contribution in [0.4, 0.5) is 11.4 Å². The fourth-order valence-electron chi connectivity index (χ4n) is 2.54. The van der Waals surface area contributed by atoms with E-state index in [4.69, 9.17) is 5.26 Å². The predicted molar refractivity (Wildman–Crippen MR) is 76.9 cm³/mol. The number of rotatable bonds is 3. The maximum absolute atomic E-state index is 11.0. The largest absolute Gasteiger partial charge is 0.371 e. The van der Waals surface area contributed by atoms with E-state index in [1.54, 1.807) is 12.1 Å². The smallest absolute Gasteiger partial charge is 0.287 e. The number of nitrogens with one attached hydrogen (secondary N) is 1. The molecule has 1 N–H and O–H groups in total. The van der Waals surface area contributed by atoms with Gasteiger partial charge in [0.25, 0.3) is 5.69 Å². The van der Waals surface area contributed by atoms with Crippen LogP contribution < -0.4 is 10.2 Å². The second-order valence-electron chi connectivity index (χ2n) is 5.03. The highest BCUT2D eigenvalue weighted by Crippen LogP contribution is 2.26. The van der Waals surface area contributed by atoms with Gasteiger partial charge in [-0.3, -0.25) is 14.9 Å². The van der Waals surface area contributed by atoms with Crippen molar-refractivity contribution in [3.05, 3.63) is 33.9 Å². The van der Waals surface area contributed by atoms with E-state index in [-0.39, 0.29) is 23.2 Å². The molecule has 1 fully saturated rings. The highest BCUT2D eigenvalue weighted by Gasteiger charge is 2.22. The van der Waals surface area contributed by atoms with Crippen molar-refractivity contribution in [2.24, 2.45) is 0 Å². The van der Waals surface area contributed by atoms with Gasteiger partial charge in [-0.15, -0.1) is 0 Å². The van der Waals surface area contributed by atoms with Gasteiger partial charge in [0, 0.05) is 37.8 Å². The van der Waals surface area contributed by atoms with Crippen LogP contribution in [0.25, 0.3) is 0 Å². The number of anilines is 1. The molecule has 0 atom stereocenters. The van der Waals surface area contributed by atoms with Crippen LogP contribution in [0.3, 0.4) is 0 Å². The van der Waals surface area contributed by atoms with Gasteiger partial charge in [-0.25, -0.2) is 0 Å². The molecule has 1 amide bonds. The number of nitrogens with zero attached hydrogens (tertiary/aromatic N) is 3. The minimum Gasteiger partial charge on any atom is -0.371 e. The molecule has 0 bridgehead atoms. The Hall–Kier alpha value is -2.62. The van der Waals surface area contributed by atoms with Crippen LogP contribution in [0.15, 0.2) is 18.2 Å². The first-order chi connectivity index (χ1) is 10.0. The highest BCUT2D eigenvalue weighted by atomic mass is 16.6. The predicted octanol–water partition coefficient (Wildman–Crippen LogP) is 1.57. The number of carbonyl (C=O) groups excluding carboxylic acids is 1. The Kier molecular flexibility index (Phi) is 4.38. The molecule has 1 saturated heterocycles. The van der Waals surface area contributed by atoms with Crippen molar-refractivity contribution in [3.63, 3.8) is 0 Å². The van der Waals surface area contributed by atoms with Crippen LogP contribution in [0.1, 0.15) is 25.3 Å². The van der Waals surface area contributed by atoms with Crippen molar-refractivity contribution < 1.29 is 9.72 Å². The Bertz CT molecular complexity index is 601. The first kappa shape index (κ1) is 14.8. The molecule has 0 aliphatic carbocycles. The third-order valence-electron chi connectivity index (χ3n) is 3.56. The van der Waals surface area contributed by atoms with E-state index >= 15 is 0 Å². The summed E-state index contributed by atoms with van der Waals surface area (Å²) in [6, 6.07) is 6.62. The summed E-state index contributed by atoms with van der Waals surface area (Å²) in [4.78, 5) is 23.4. The summed E-state index contributed by atoms with van der Waals surface area (Å²) in [6.07, 6.45) is 1.64. The van der Waals surface area contributed by atoms with E-state index in [0.717, 1.165) is 31.6 Å². The lowest BCUT2D eigenvalue weighted by molar-refractivity contribution is -0.385.